The van der Waals surface area contributed by atoms with Gasteiger partial charge in [0.2, 0.25) is 0 Å². The van der Waals surface area contributed by atoms with E-state index in [0.717, 1.165) is 0 Å². The van der Waals surface area contributed by atoms with Crippen LogP contribution in [0.1, 0.15) is 5.69 Å². The summed E-state index contributed by atoms with van der Waals surface area (Å²) in [4.78, 5) is 23.3. The maximum absolute atomic E-state index is 6.97. The van der Waals surface area contributed by atoms with E-state index in [2.05, 4.69) is 36.5 Å². The summed E-state index contributed by atoms with van der Waals surface area (Å²) in [7, 11) is 0. The van der Waals surface area contributed by atoms with E-state index in [1.165, 1.54) is 18.8 Å². The van der Waals surface area contributed by atoms with Crippen LogP contribution in [0.15, 0.2) is 45.2 Å². The molecule has 0 unspecified atom stereocenters. The number of aromatic nitrogens is 2. The van der Waals surface area contributed by atoms with Gasteiger partial charge in [0, 0.05) is 0 Å². The van der Waals surface area contributed by atoms with Gasteiger partial charge < -0.3 is 0 Å². The van der Waals surface area contributed by atoms with Crippen LogP contribution in [-0.2, 0) is 0 Å². The maximum atomic E-state index is 6.97. The normalized spacial score (nSPS) is 16.8. The minimum absolute atomic E-state index is 0.0632. The molecule has 1 aliphatic rings. The quantitative estimate of drug-likeness (QED) is 0.450. The molecule has 1 aromatic rings. The average Bonchev–Trinajstić information content (AvgIpc) is 2.43. The fourth-order valence-corrected chi connectivity index (χ4v) is 1.76. The van der Waals surface area contributed by atoms with E-state index in [9.17, 15) is 0 Å². The second kappa shape index (κ2) is 5.39. The van der Waals surface area contributed by atoms with Gasteiger partial charge in [-0.15, -0.1) is 0 Å². The molecule has 84 valence electrons. The summed E-state index contributed by atoms with van der Waals surface area (Å²) >= 11 is 1.30. The molecule has 0 bridgehead atoms. The van der Waals surface area contributed by atoms with Crippen molar-refractivity contribution in [3.63, 3.8) is 0 Å². The first kappa shape index (κ1) is 12.2. The number of amidine groups is 1. The van der Waals surface area contributed by atoms with Gasteiger partial charge in [0.1, 0.15) is 0 Å². The van der Waals surface area contributed by atoms with Gasteiger partial charge in [0.15, 0.2) is 0 Å². The first-order chi connectivity index (χ1) is 8.76. The summed E-state index contributed by atoms with van der Waals surface area (Å²) in [6, 6.07) is 0. The van der Waals surface area contributed by atoms with Crippen LogP contribution in [0.25, 0.3) is 4.85 Å². The van der Waals surface area contributed by atoms with Crippen LogP contribution in [0.4, 0.5) is 0 Å². The first-order valence-corrected chi connectivity index (χ1v) is 5.86. The molecule has 18 heavy (non-hydrogen) atoms. The minimum atomic E-state index is 0.0632. The Balaban J connectivity index is 2.51. The Morgan fingerprint density at radius 1 is 1.50 bits per heavy atom. The standard InChI is InChI=1S/C10H6N7.Ga/c1-11-9(12-2)10-16-6-15-8(17-10)7-5-13-3-4-14-7;/h3-6H,1H2;/q-1;+1. The summed E-state index contributed by atoms with van der Waals surface area (Å²) in [6.07, 6.45) is 6.33. The summed E-state index contributed by atoms with van der Waals surface area (Å²) in [5.41, 5.74) is 0.610. The van der Waals surface area contributed by atoms with E-state index in [0.29, 0.717) is 11.5 Å². The summed E-state index contributed by atoms with van der Waals surface area (Å²) in [6.45, 7) is 10.3. The summed E-state index contributed by atoms with van der Waals surface area (Å²) < 4.78 is 1.76. The predicted molar refractivity (Wildman–Crippen MR) is 67.8 cm³/mol. The molecular formula is C10H6GaN7. The molecule has 0 atom stereocenters. The Hall–Kier alpha value is -2.24. The van der Waals surface area contributed by atoms with Gasteiger partial charge in [-0.3, -0.25) is 0 Å². The molecule has 7 nitrogen and oxygen atoms in total. The van der Waals surface area contributed by atoms with Crippen molar-refractivity contribution in [2.45, 2.75) is 0 Å². The van der Waals surface area contributed by atoms with Crippen molar-refractivity contribution in [2.75, 3.05) is 0 Å². The van der Waals surface area contributed by atoms with Crippen molar-refractivity contribution in [2.24, 2.45) is 15.0 Å². The SMILES string of the molecule is [C-]#[N+]C(N=C)=C1N=C[N]([Ga])C(c2cnccn2)=N1. The fourth-order valence-electron chi connectivity index (χ4n) is 1.23. The Morgan fingerprint density at radius 3 is 2.94 bits per heavy atom. The third-order valence-electron chi connectivity index (χ3n) is 2.01. The van der Waals surface area contributed by atoms with E-state index >= 15 is 0 Å². The first-order valence-electron chi connectivity index (χ1n) is 4.78. The molecule has 2 heterocycles. The van der Waals surface area contributed by atoms with Crippen molar-refractivity contribution < 1.29 is 0 Å². The van der Waals surface area contributed by atoms with Gasteiger partial charge >= 0.3 is 114 Å². The van der Waals surface area contributed by atoms with Gasteiger partial charge in [-0.05, 0) is 0 Å². The van der Waals surface area contributed by atoms with Gasteiger partial charge in [-0.25, -0.2) is 0 Å². The zero-order chi connectivity index (χ0) is 13.0. The molecule has 0 saturated heterocycles. The average molecular weight is 294 g/mol. The van der Waals surface area contributed by atoms with E-state index in [1.807, 2.05) is 0 Å². The molecule has 0 spiro atoms. The van der Waals surface area contributed by atoms with Gasteiger partial charge in [-0.2, -0.15) is 0 Å². The fraction of sp³-hybridized carbons (Fsp3) is 0. The van der Waals surface area contributed by atoms with Crippen LogP contribution in [-0.4, -0.2) is 51.3 Å². The van der Waals surface area contributed by atoms with Gasteiger partial charge in [-0.1, -0.05) is 0 Å². The third-order valence-corrected chi connectivity index (χ3v) is 2.80. The summed E-state index contributed by atoms with van der Waals surface area (Å²) in [5.74, 6) is 0.876. The van der Waals surface area contributed by atoms with Crippen LogP contribution < -0.4 is 0 Å². The van der Waals surface area contributed by atoms with E-state index in [-0.39, 0.29) is 11.6 Å². The Bertz CT molecular complexity index is 596. The second-order valence-corrected chi connectivity index (χ2v) is 4.26. The van der Waals surface area contributed by atoms with Gasteiger partial charge in [0.25, 0.3) is 0 Å². The molecule has 0 amide bonds. The van der Waals surface area contributed by atoms with E-state index in [1.54, 1.807) is 28.5 Å². The molecule has 8 heteroatoms. The number of hydrogen-bond donors (Lipinski definition) is 0. The molecule has 1 aliphatic heterocycles. The van der Waals surface area contributed by atoms with Crippen molar-refractivity contribution in [3.05, 3.63) is 47.3 Å². The zero-order valence-corrected chi connectivity index (χ0v) is 11.6. The van der Waals surface area contributed by atoms with E-state index in [4.69, 9.17) is 6.57 Å². The van der Waals surface area contributed by atoms with Gasteiger partial charge in [0.05, 0.1) is 0 Å². The molecule has 0 N–H and O–H groups in total. The molecule has 1 aromatic heterocycles. The van der Waals surface area contributed by atoms with Crippen molar-refractivity contribution in [1.82, 2.24) is 13.6 Å². The zero-order valence-electron chi connectivity index (χ0n) is 9.22. The Kier molecular flexibility index (Phi) is 3.66. The second-order valence-electron chi connectivity index (χ2n) is 3.10. The molecular weight excluding hydrogens is 288 g/mol. The Labute approximate surface area is 114 Å². The molecule has 0 saturated carbocycles. The molecule has 0 fully saturated rings. The van der Waals surface area contributed by atoms with Crippen LogP contribution >= 0.6 is 0 Å². The third kappa shape index (κ3) is 2.37. The van der Waals surface area contributed by atoms with Crippen LogP contribution in [0, 0.1) is 6.57 Å². The monoisotopic (exact) mass is 293 g/mol. The van der Waals surface area contributed by atoms with Crippen molar-refractivity contribution in [3.8, 4) is 0 Å². The number of aliphatic imine (C=N–C) groups is 3. The van der Waals surface area contributed by atoms with Crippen molar-refractivity contribution in [1.29, 1.82) is 0 Å². The van der Waals surface area contributed by atoms with E-state index < -0.39 is 0 Å². The molecule has 2 rings (SSSR count). The van der Waals surface area contributed by atoms with Crippen LogP contribution in [0.5, 0.6) is 0 Å². The number of nitrogens with zero attached hydrogens (tertiary/aromatic N) is 7. The molecule has 0 aromatic carbocycles. The Morgan fingerprint density at radius 2 is 2.33 bits per heavy atom. The summed E-state index contributed by atoms with van der Waals surface area (Å²) in [5, 5.41) is 0. The van der Waals surface area contributed by atoms with Crippen molar-refractivity contribution >= 4 is 37.7 Å². The number of hydrogen-bond acceptors (Lipinski definition) is 6. The van der Waals surface area contributed by atoms with Crippen LogP contribution in [0.2, 0.25) is 0 Å². The molecule has 0 aliphatic carbocycles. The molecule has 2 radical (unpaired) electrons. The topological polar surface area (TPSA) is 70.5 Å². The predicted octanol–water partition coefficient (Wildman–Crippen LogP) is 0.397. The van der Waals surface area contributed by atoms with Crippen LogP contribution in [0.3, 0.4) is 0 Å². The number of rotatable bonds is 2.